The monoisotopic (exact) mass is 402 g/mol. The molecule has 0 aliphatic carbocycles. The van der Waals surface area contributed by atoms with Gasteiger partial charge in [0.2, 0.25) is 0 Å². The summed E-state index contributed by atoms with van der Waals surface area (Å²) in [5, 5.41) is 21.7. The van der Waals surface area contributed by atoms with Gasteiger partial charge in [-0.25, -0.2) is 4.79 Å². The first-order valence-corrected chi connectivity index (χ1v) is 10.5. The molecule has 1 aromatic carbocycles. The quantitative estimate of drug-likeness (QED) is 0.720. The largest absolute Gasteiger partial charge is 0.444 e. The molecule has 0 saturated carbocycles. The number of aliphatic hydroxyl groups excluding tert-OH is 1. The van der Waals surface area contributed by atoms with Gasteiger partial charge in [0.05, 0.1) is 17.8 Å². The summed E-state index contributed by atoms with van der Waals surface area (Å²) in [5.74, 6) is 0. The van der Waals surface area contributed by atoms with E-state index in [0.717, 1.165) is 37.9 Å². The Balaban J connectivity index is 1.78. The van der Waals surface area contributed by atoms with Gasteiger partial charge >= 0.3 is 6.09 Å². The van der Waals surface area contributed by atoms with Crippen molar-refractivity contribution in [2.24, 2.45) is 10.3 Å². The van der Waals surface area contributed by atoms with E-state index >= 15 is 0 Å². The first kappa shape index (κ1) is 21.6. The SMILES string of the molecule is CC(C)(C)OC(=O)N1[C@@H]([C@H](O)c2cccc(/N=N/N3CCCC3)c2)CCC1(C)C. The number of ether oxygens (including phenoxy) is 1. The van der Waals surface area contributed by atoms with Gasteiger partial charge in [0.1, 0.15) is 5.60 Å². The van der Waals surface area contributed by atoms with Crippen LogP contribution in [0.2, 0.25) is 0 Å². The number of aliphatic hydroxyl groups is 1. The summed E-state index contributed by atoms with van der Waals surface area (Å²) in [6.45, 7) is 11.5. The molecule has 0 aromatic heterocycles. The van der Waals surface area contributed by atoms with E-state index < -0.39 is 11.7 Å². The van der Waals surface area contributed by atoms with E-state index in [-0.39, 0.29) is 17.7 Å². The van der Waals surface area contributed by atoms with Crippen molar-refractivity contribution < 1.29 is 14.6 Å². The highest BCUT2D eigenvalue weighted by molar-refractivity contribution is 5.70. The highest BCUT2D eigenvalue weighted by Gasteiger charge is 2.47. The van der Waals surface area contributed by atoms with Crippen LogP contribution in [-0.2, 0) is 4.74 Å². The summed E-state index contributed by atoms with van der Waals surface area (Å²) < 4.78 is 5.63. The smallest absolute Gasteiger partial charge is 0.411 e. The molecule has 2 saturated heterocycles. The zero-order chi connectivity index (χ0) is 21.2. The minimum Gasteiger partial charge on any atom is -0.444 e. The van der Waals surface area contributed by atoms with E-state index in [0.29, 0.717) is 12.1 Å². The van der Waals surface area contributed by atoms with E-state index in [9.17, 15) is 9.90 Å². The van der Waals surface area contributed by atoms with Crippen LogP contribution >= 0.6 is 0 Å². The summed E-state index contributed by atoms with van der Waals surface area (Å²) in [4.78, 5) is 14.6. The lowest BCUT2D eigenvalue weighted by Crippen LogP contribution is -2.50. The van der Waals surface area contributed by atoms with E-state index in [1.54, 1.807) is 4.90 Å². The van der Waals surface area contributed by atoms with Crippen LogP contribution in [-0.4, -0.2) is 51.4 Å². The number of hydrogen-bond acceptors (Lipinski definition) is 5. The van der Waals surface area contributed by atoms with Crippen LogP contribution < -0.4 is 0 Å². The third kappa shape index (κ3) is 5.26. The van der Waals surface area contributed by atoms with Crippen LogP contribution in [0.4, 0.5) is 10.5 Å². The Kier molecular flexibility index (Phi) is 6.17. The maximum Gasteiger partial charge on any atom is 0.411 e. The van der Waals surface area contributed by atoms with Gasteiger partial charge in [-0.05, 0) is 78.0 Å². The van der Waals surface area contributed by atoms with Crippen LogP contribution in [0.15, 0.2) is 34.6 Å². The summed E-state index contributed by atoms with van der Waals surface area (Å²) in [6.07, 6.45) is 2.63. The minimum atomic E-state index is -0.814. The zero-order valence-corrected chi connectivity index (χ0v) is 18.3. The average molecular weight is 403 g/mol. The molecule has 3 rings (SSSR count). The first-order chi connectivity index (χ1) is 13.6. The van der Waals surface area contributed by atoms with Gasteiger partial charge in [-0.1, -0.05) is 17.4 Å². The first-order valence-electron chi connectivity index (χ1n) is 10.5. The molecule has 160 valence electrons. The third-order valence-electron chi connectivity index (χ3n) is 5.57. The number of carbonyl (C=O) groups is 1. The van der Waals surface area contributed by atoms with Crippen molar-refractivity contribution in [1.29, 1.82) is 0 Å². The molecule has 29 heavy (non-hydrogen) atoms. The second kappa shape index (κ2) is 8.30. The van der Waals surface area contributed by atoms with Crippen LogP contribution in [0.3, 0.4) is 0 Å². The van der Waals surface area contributed by atoms with Gasteiger partial charge < -0.3 is 9.84 Å². The second-order valence-electron chi connectivity index (χ2n) is 9.66. The lowest BCUT2D eigenvalue weighted by molar-refractivity contribution is -0.0166. The summed E-state index contributed by atoms with van der Waals surface area (Å²) in [6, 6.07) is 7.13. The van der Waals surface area contributed by atoms with E-state index in [2.05, 4.69) is 10.3 Å². The molecule has 2 aliphatic rings. The van der Waals surface area contributed by atoms with E-state index in [4.69, 9.17) is 4.74 Å². The van der Waals surface area contributed by atoms with Crippen molar-refractivity contribution in [3.05, 3.63) is 29.8 Å². The van der Waals surface area contributed by atoms with Gasteiger partial charge in [0, 0.05) is 18.6 Å². The molecular weight excluding hydrogens is 368 g/mol. The van der Waals surface area contributed by atoms with Crippen molar-refractivity contribution in [2.75, 3.05) is 13.1 Å². The molecule has 1 amide bonds. The highest BCUT2D eigenvalue weighted by atomic mass is 16.6. The molecule has 0 unspecified atom stereocenters. The number of nitrogens with zero attached hydrogens (tertiary/aromatic N) is 4. The molecular formula is C22H34N4O3. The Morgan fingerprint density at radius 1 is 1.28 bits per heavy atom. The maximum absolute atomic E-state index is 12.9. The van der Waals surface area contributed by atoms with Crippen LogP contribution in [0.1, 0.15) is 72.0 Å². The fourth-order valence-corrected chi connectivity index (χ4v) is 4.09. The zero-order valence-electron chi connectivity index (χ0n) is 18.3. The fourth-order valence-electron chi connectivity index (χ4n) is 4.09. The molecule has 0 radical (unpaired) electrons. The Morgan fingerprint density at radius 2 is 1.97 bits per heavy atom. The van der Waals surface area contributed by atoms with Crippen LogP contribution in [0.5, 0.6) is 0 Å². The molecule has 7 heteroatoms. The number of benzene rings is 1. The number of likely N-dealkylation sites (tertiary alicyclic amines) is 1. The maximum atomic E-state index is 12.9. The second-order valence-corrected chi connectivity index (χ2v) is 9.66. The Hall–Kier alpha value is -2.15. The predicted octanol–water partition coefficient (Wildman–Crippen LogP) is 4.99. The van der Waals surface area contributed by atoms with Crippen molar-refractivity contribution in [2.45, 2.75) is 83.6 Å². The number of carbonyl (C=O) groups excluding carboxylic acids is 1. The minimum absolute atomic E-state index is 0.342. The Morgan fingerprint density at radius 3 is 2.62 bits per heavy atom. The Labute approximate surface area is 173 Å². The average Bonchev–Trinajstić information content (AvgIpc) is 3.25. The van der Waals surface area contributed by atoms with Gasteiger partial charge in [0.25, 0.3) is 0 Å². The van der Waals surface area contributed by atoms with Crippen molar-refractivity contribution in [1.82, 2.24) is 9.91 Å². The Bertz CT molecular complexity index is 751. The summed E-state index contributed by atoms with van der Waals surface area (Å²) in [7, 11) is 0. The van der Waals surface area contributed by atoms with Crippen molar-refractivity contribution in [3.8, 4) is 0 Å². The summed E-state index contributed by atoms with van der Waals surface area (Å²) in [5.41, 5.74) is 0.482. The highest BCUT2D eigenvalue weighted by Crippen LogP contribution is 2.40. The van der Waals surface area contributed by atoms with E-state index in [1.165, 1.54) is 0 Å². The molecule has 0 bridgehead atoms. The van der Waals surface area contributed by atoms with Crippen molar-refractivity contribution >= 4 is 11.8 Å². The number of amides is 1. The molecule has 1 N–H and O–H groups in total. The fraction of sp³-hybridized carbons (Fsp3) is 0.682. The normalized spacial score (nSPS) is 23.0. The van der Waals surface area contributed by atoms with Crippen LogP contribution in [0.25, 0.3) is 0 Å². The molecule has 2 fully saturated rings. The molecule has 2 atom stereocenters. The molecule has 7 nitrogen and oxygen atoms in total. The van der Waals surface area contributed by atoms with Gasteiger partial charge in [-0.15, -0.1) is 5.11 Å². The lowest BCUT2D eigenvalue weighted by atomic mass is 9.99. The van der Waals surface area contributed by atoms with E-state index in [1.807, 2.05) is 63.9 Å². The van der Waals surface area contributed by atoms with Gasteiger partial charge in [0.15, 0.2) is 0 Å². The molecule has 0 spiro atoms. The molecule has 2 aliphatic heterocycles. The van der Waals surface area contributed by atoms with Gasteiger partial charge in [-0.3, -0.25) is 9.91 Å². The number of hydrogen-bond donors (Lipinski definition) is 1. The third-order valence-corrected chi connectivity index (χ3v) is 5.57. The number of rotatable bonds is 4. The van der Waals surface area contributed by atoms with Crippen molar-refractivity contribution in [3.63, 3.8) is 0 Å². The standard InChI is InChI=1S/C22H34N4O3/c1-21(2,3)29-20(28)26-18(11-12-22(26,4)5)19(27)16-9-8-10-17(15-16)23-24-25-13-6-7-14-25/h8-10,15,18-19,27H,6-7,11-14H2,1-5H3/b24-23+/t18-,19-/m1/s1. The summed E-state index contributed by atoms with van der Waals surface area (Å²) >= 11 is 0. The molecule has 1 aromatic rings. The predicted molar refractivity (Wildman–Crippen MR) is 112 cm³/mol. The van der Waals surface area contributed by atoms with Crippen LogP contribution in [0, 0.1) is 0 Å². The topological polar surface area (TPSA) is 77.7 Å². The lowest BCUT2D eigenvalue weighted by Gasteiger charge is -2.38. The molecule has 2 heterocycles. The van der Waals surface area contributed by atoms with Gasteiger partial charge in [-0.2, -0.15) is 0 Å².